The first kappa shape index (κ1) is 18.1. The molecule has 1 aliphatic heterocycles. The summed E-state index contributed by atoms with van der Waals surface area (Å²) in [6.45, 7) is 2.69. The summed E-state index contributed by atoms with van der Waals surface area (Å²) in [7, 11) is 0. The zero-order chi connectivity index (χ0) is 18.5. The third-order valence-corrected chi connectivity index (χ3v) is 4.84. The first-order valence-corrected chi connectivity index (χ1v) is 9.13. The Morgan fingerprint density at radius 1 is 1.27 bits per heavy atom. The fourth-order valence-electron chi connectivity index (χ4n) is 3.37. The van der Waals surface area contributed by atoms with Crippen molar-refractivity contribution in [2.45, 2.75) is 51.5 Å². The number of nitrogens with zero attached hydrogens (tertiary/aromatic N) is 3. The average molecular weight is 356 g/mol. The summed E-state index contributed by atoms with van der Waals surface area (Å²) < 4.78 is 0. The first-order valence-electron chi connectivity index (χ1n) is 9.13. The molecule has 2 aromatic rings. The van der Waals surface area contributed by atoms with Crippen molar-refractivity contribution in [1.82, 2.24) is 20.1 Å². The van der Waals surface area contributed by atoms with Gasteiger partial charge in [-0.15, -0.1) is 0 Å². The number of hydrogen-bond donors (Lipinski definition) is 2. The van der Waals surface area contributed by atoms with Crippen molar-refractivity contribution in [1.29, 1.82) is 0 Å². The number of aromatic nitrogens is 3. The minimum Gasteiger partial charge on any atom is -0.481 e. The summed E-state index contributed by atoms with van der Waals surface area (Å²) in [4.78, 5) is 30.0. The Labute approximate surface area is 152 Å². The number of carbonyl (C=O) groups is 2. The second-order valence-electron chi connectivity index (χ2n) is 6.62. The van der Waals surface area contributed by atoms with Gasteiger partial charge in [0, 0.05) is 36.6 Å². The van der Waals surface area contributed by atoms with E-state index in [1.165, 1.54) is 0 Å². The molecule has 1 fully saturated rings. The van der Waals surface area contributed by atoms with Crippen LogP contribution in [0.4, 0.5) is 0 Å². The van der Waals surface area contributed by atoms with Crippen LogP contribution in [-0.2, 0) is 11.2 Å². The van der Waals surface area contributed by atoms with E-state index >= 15 is 0 Å². The Hall–Kier alpha value is -2.70. The Balaban J connectivity index is 1.72. The van der Waals surface area contributed by atoms with Gasteiger partial charge in [-0.3, -0.25) is 14.7 Å². The highest BCUT2D eigenvalue weighted by Gasteiger charge is 2.27. The van der Waals surface area contributed by atoms with Gasteiger partial charge in [-0.25, -0.2) is 4.98 Å². The Bertz CT molecular complexity index is 769. The van der Waals surface area contributed by atoms with Crippen molar-refractivity contribution in [2.24, 2.45) is 0 Å². The summed E-state index contributed by atoms with van der Waals surface area (Å²) in [5.74, 6) is 0.606. The molecule has 1 amide bonds. The fourth-order valence-corrected chi connectivity index (χ4v) is 3.37. The third-order valence-electron chi connectivity index (χ3n) is 4.84. The van der Waals surface area contributed by atoms with E-state index in [1.807, 2.05) is 24.0 Å². The lowest BCUT2D eigenvalue weighted by Crippen LogP contribution is -2.43. The van der Waals surface area contributed by atoms with E-state index in [-0.39, 0.29) is 18.4 Å². The minimum absolute atomic E-state index is 0.00662. The number of carboxylic acids is 1. The number of amides is 1. The summed E-state index contributed by atoms with van der Waals surface area (Å²) in [5, 5.41) is 16.0. The zero-order valence-electron chi connectivity index (χ0n) is 14.9. The van der Waals surface area contributed by atoms with Gasteiger partial charge in [0.25, 0.3) is 5.91 Å². The number of hydrogen-bond acceptors (Lipinski definition) is 4. The van der Waals surface area contributed by atoms with Crippen LogP contribution in [-0.4, -0.2) is 49.7 Å². The van der Waals surface area contributed by atoms with Crippen molar-refractivity contribution in [3.8, 4) is 11.4 Å². The van der Waals surface area contributed by atoms with E-state index < -0.39 is 5.97 Å². The number of carbonyl (C=O) groups excluding carboxylic acids is 1. The van der Waals surface area contributed by atoms with Gasteiger partial charge in [0.15, 0.2) is 5.82 Å². The van der Waals surface area contributed by atoms with Crippen LogP contribution in [0, 0.1) is 0 Å². The number of H-pyrrole nitrogens is 1. The topological polar surface area (TPSA) is 99.2 Å². The molecule has 7 nitrogen and oxygen atoms in total. The number of carboxylic acid groups (broad SMARTS) is 1. The number of aryl methyl sites for hydroxylation is 1. The molecule has 0 spiro atoms. The maximum absolute atomic E-state index is 12.9. The summed E-state index contributed by atoms with van der Waals surface area (Å²) in [6, 6.07) is 7.30. The normalized spacial score (nSPS) is 17.3. The lowest BCUT2D eigenvalue weighted by Gasteiger charge is -2.35. The molecule has 2 N–H and O–H groups in total. The number of aromatic amines is 1. The quantitative estimate of drug-likeness (QED) is 0.829. The predicted molar refractivity (Wildman–Crippen MR) is 96.7 cm³/mol. The molecule has 1 aromatic carbocycles. The van der Waals surface area contributed by atoms with Gasteiger partial charge < -0.3 is 10.0 Å². The largest absolute Gasteiger partial charge is 0.481 e. The van der Waals surface area contributed by atoms with E-state index in [1.54, 1.807) is 12.1 Å². The van der Waals surface area contributed by atoms with E-state index in [0.29, 0.717) is 24.4 Å². The first-order chi connectivity index (χ1) is 12.6. The summed E-state index contributed by atoms with van der Waals surface area (Å²) in [5.41, 5.74) is 1.47. The number of piperidine rings is 1. The van der Waals surface area contributed by atoms with Gasteiger partial charge in [-0.1, -0.05) is 19.1 Å². The van der Waals surface area contributed by atoms with E-state index in [0.717, 1.165) is 37.1 Å². The third kappa shape index (κ3) is 4.09. The lowest BCUT2D eigenvalue weighted by molar-refractivity contribution is -0.137. The van der Waals surface area contributed by atoms with E-state index in [2.05, 4.69) is 15.2 Å². The van der Waals surface area contributed by atoms with Crippen LogP contribution in [0.25, 0.3) is 11.4 Å². The molecule has 7 heteroatoms. The highest BCUT2D eigenvalue weighted by molar-refractivity contribution is 5.95. The molecule has 3 rings (SSSR count). The molecule has 0 aliphatic carbocycles. The van der Waals surface area contributed by atoms with Gasteiger partial charge in [0.1, 0.15) is 5.82 Å². The number of benzene rings is 1. The number of rotatable bonds is 6. The average Bonchev–Trinajstić information content (AvgIpc) is 3.15. The van der Waals surface area contributed by atoms with Crippen molar-refractivity contribution in [3.05, 3.63) is 35.7 Å². The van der Waals surface area contributed by atoms with Crippen LogP contribution in [0.2, 0.25) is 0 Å². The fraction of sp³-hybridized carbons (Fsp3) is 0.474. The Kier molecular flexibility index (Phi) is 5.65. The molecule has 2 heterocycles. The van der Waals surface area contributed by atoms with Crippen LogP contribution in [0.5, 0.6) is 0 Å². The molecule has 0 saturated carbocycles. The molecule has 26 heavy (non-hydrogen) atoms. The van der Waals surface area contributed by atoms with E-state index in [9.17, 15) is 9.59 Å². The van der Waals surface area contributed by atoms with Crippen LogP contribution in [0.3, 0.4) is 0 Å². The molecule has 1 saturated heterocycles. The van der Waals surface area contributed by atoms with Crippen molar-refractivity contribution in [3.63, 3.8) is 0 Å². The number of aliphatic carboxylic acids is 1. The molecular weight excluding hydrogens is 332 g/mol. The molecule has 138 valence electrons. The highest BCUT2D eigenvalue weighted by Crippen LogP contribution is 2.24. The molecular formula is C19H24N4O3. The van der Waals surface area contributed by atoms with Crippen LogP contribution in [0.1, 0.15) is 55.2 Å². The van der Waals surface area contributed by atoms with Gasteiger partial charge in [-0.2, -0.15) is 5.10 Å². The number of likely N-dealkylation sites (tertiary alicyclic amines) is 1. The second-order valence-corrected chi connectivity index (χ2v) is 6.62. The molecule has 1 unspecified atom stereocenters. The standard InChI is InChI=1S/C19H24N4O3/c1-2-16-20-18(22-21-16)13-6-8-14(9-7-13)19(26)23-12-4-3-5-15(23)10-11-17(24)25/h6-9,15H,2-5,10-12H2,1H3,(H,24,25)(H,20,21,22). The molecule has 0 bridgehead atoms. The minimum atomic E-state index is -0.815. The molecule has 1 aliphatic rings. The van der Waals surface area contributed by atoms with Crippen molar-refractivity contribution in [2.75, 3.05) is 6.54 Å². The Morgan fingerprint density at radius 3 is 2.69 bits per heavy atom. The van der Waals surface area contributed by atoms with Crippen LogP contribution >= 0.6 is 0 Å². The van der Waals surface area contributed by atoms with Crippen molar-refractivity contribution >= 4 is 11.9 Å². The van der Waals surface area contributed by atoms with Gasteiger partial charge >= 0.3 is 5.97 Å². The van der Waals surface area contributed by atoms with Gasteiger partial charge in [0.2, 0.25) is 0 Å². The lowest BCUT2D eigenvalue weighted by atomic mass is 9.96. The molecule has 1 atom stereocenters. The summed E-state index contributed by atoms with van der Waals surface area (Å²) >= 11 is 0. The maximum atomic E-state index is 12.9. The predicted octanol–water partition coefficient (Wildman–Crippen LogP) is 2.89. The smallest absolute Gasteiger partial charge is 0.303 e. The zero-order valence-corrected chi connectivity index (χ0v) is 14.9. The maximum Gasteiger partial charge on any atom is 0.303 e. The highest BCUT2D eigenvalue weighted by atomic mass is 16.4. The SMILES string of the molecule is CCc1nc(-c2ccc(C(=O)N3CCCCC3CCC(=O)O)cc2)n[nH]1. The van der Waals surface area contributed by atoms with Gasteiger partial charge in [0.05, 0.1) is 0 Å². The molecule has 0 radical (unpaired) electrons. The van der Waals surface area contributed by atoms with Crippen molar-refractivity contribution < 1.29 is 14.7 Å². The van der Waals surface area contributed by atoms with Crippen LogP contribution in [0.15, 0.2) is 24.3 Å². The number of nitrogens with one attached hydrogen (secondary N) is 1. The monoisotopic (exact) mass is 356 g/mol. The second kappa shape index (κ2) is 8.12. The summed E-state index contributed by atoms with van der Waals surface area (Å²) in [6.07, 6.45) is 4.26. The van der Waals surface area contributed by atoms with Crippen LogP contribution < -0.4 is 0 Å². The molecule has 1 aromatic heterocycles. The van der Waals surface area contributed by atoms with Gasteiger partial charge in [-0.05, 0) is 37.8 Å². The van der Waals surface area contributed by atoms with E-state index in [4.69, 9.17) is 5.11 Å². The Morgan fingerprint density at radius 2 is 2.04 bits per heavy atom.